The molecular formula is C21H42N2O6+2. The Hall–Kier alpha value is -1.67. The Kier molecular flexibility index (Phi) is 11.4. The third-order valence-electron chi connectivity index (χ3n) is 4.80. The number of likely N-dealkylation sites (N-methyl/N-ethyl adjacent to an activating group) is 2. The molecule has 0 aliphatic carbocycles. The summed E-state index contributed by atoms with van der Waals surface area (Å²) < 4.78 is 12.1. The highest BCUT2D eigenvalue weighted by Crippen LogP contribution is 2.25. The van der Waals surface area contributed by atoms with E-state index in [1.165, 1.54) is 0 Å². The second-order valence-electron chi connectivity index (χ2n) is 9.88. The summed E-state index contributed by atoms with van der Waals surface area (Å²) in [4.78, 5) is 36.4. The van der Waals surface area contributed by atoms with Gasteiger partial charge in [0.05, 0.1) is 60.0 Å². The van der Waals surface area contributed by atoms with Crippen molar-refractivity contribution in [2.24, 2.45) is 17.8 Å². The van der Waals surface area contributed by atoms with E-state index in [2.05, 4.69) is 0 Å². The molecule has 0 aromatic rings. The number of aliphatic carboxylic acids is 1. The van der Waals surface area contributed by atoms with Gasteiger partial charge >= 0.3 is 17.9 Å². The average molecular weight is 419 g/mol. The first-order valence-electron chi connectivity index (χ1n) is 10.3. The lowest BCUT2D eigenvalue weighted by Crippen LogP contribution is -2.39. The van der Waals surface area contributed by atoms with E-state index in [4.69, 9.17) is 9.47 Å². The molecule has 0 saturated heterocycles. The lowest BCUT2D eigenvalue weighted by molar-refractivity contribution is -0.870. The van der Waals surface area contributed by atoms with Crippen molar-refractivity contribution in [1.82, 2.24) is 0 Å². The van der Waals surface area contributed by atoms with Crippen LogP contribution in [0, 0.1) is 17.8 Å². The lowest BCUT2D eigenvalue weighted by atomic mass is 9.86. The number of ether oxygens (including phenoxy) is 2. The molecule has 0 spiro atoms. The minimum absolute atomic E-state index is 0.140. The molecule has 170 valence electrons. The molecule has 3 unspecified atom stereocenters. The van der Waals surface area contributed by atoms with E-state index in [1.807, 2.05) is 49.2 Å². The Morgan fingerprint density at radius 1 is 0.793 bits per heavy atom. The number of nitrogens with zero attached hydrogens (tertiary/aromatic N) is 2. The highest BCUT2D eigenvalue weighted by molar-refractivity contribution is 5.77. The van der Waals surface area contributed by atoms with Gasteiger partial charge in [-0.2, -0.15) is 0 Å². The van der Waals surface area contributed by atoms with Gasteiger partial charge in [0.25, 0.3) is 0 Å². The zero-order valence-corrected chi connectivity index (χ0v) is 19.6. The summed E-state index contributed by atoms with van der Waals surface area (Å²) >= 11 is 0. The van der Waals surface area contributed by atoms with Crippen molar-refractivity contribution in [3.8, 4) is 0 Å². The molecule has 0 saturated carbocycles. The van der Waals surface area contributed by atoms with Gasteiger partial charge in [0.2, 0.25) is 0 Å². The van der Waals surface area contributed by atoms with Gasteiger partial charge in [-0.1, -0.05) is 13.8 Å². The monoisotopic (exact) mass is 418 g/mol. The van der Waals surface area contributed by atoms with Crippen molar-refractivity contribution >= 4 is 17.9 Å². The maximum Gasteiger partial charge on any atom is 0.309 e. The lowest BCUT2D eigenvalue weighted by Gasteiger charge is -2.26. The molecule has 3 atom stereocenters. The molecule has 8 nitrogen and oxygen atoms in total. The third-order valence-corrected chi connectivity index (χ3v) is 4.80. The van der Waals surface area contributed by atoms with Crippen molar-refractivity contribution in [3.63, 3.8) is 0 Å². The zero-order chi connectivity index (χ0) is 22.8. The van der Waals surface area contributed by atoms with Crippen LogP contribution in [0.15, 0.2) is 0 Å². The topological polar surface area (TPSA) is 89.9 Å². The predicted molar refractivity (Wildman–Crippen MR) is 111 cm³/mol. The fourth-order valence-corrected chi connectivity index (χ4v) is 2.67. The van der Waals surface area contributed by atoms with E-state index < -0.39 is 29.7 Å². The van der Waals surface area contributed by atoms with E-state index in [1.54, 1.807) is 6.92 Å². The smallest absolute Gasteiger partial charge is 0.309 e. The van der Waals surface area contributed by atoms with Crippen LogP contribution in [0.2, 0.25) is 0 Å². The maximum absolute atomic E-state index is 12.6. The first-order valence-corrected chi connectivity index (χ1v) is 10.3. The molecule has 0 aromatic carbocycles. The van der Waals surface area contributed by atoms with E-state index in [-0.39, 0.29) is 25.4 Å². The number of hydrogen-bond donors (Lipinski definition) is 1. The molecule has 0 aromatic heterocycles. The number of rotatable bonds is 14. The molecule has 1 N–H and O–H groups in total. The van der Waals surface area contributed by atoms with Gasteiger partial charge in [-0.3, -0.25) is 14.4 Å². The minimum Gasteiger partial charge on any atom is -0.481 e. The molecule has 0 aliphatic heterocycles. The number of carboxylic acids is 1. The first-order chi connectivity index (χ1) is 13.2. The number of hydrogen-bond acceptors (Lipinski definition) is 5. The number of quaternary nitrogens is 2. The predicted octanol–water partition coefficient (Wildman–Crippen LogP) is 1.63. The van der Waals surface area contributed by atoms with Gasteiger partial charge in [0, 0.05) is 0 Å². The fraction of sp³-hybridized carbons (Fsp3) is 0.857. The van der Waals surface area contributed by atoms with Crippen LogP contribution >= 0.6 is 0 Å². The third kappa shape index (κ3) is 13.2. The van der Waals surface area contributed by atoms with Crippen LogP contribution < -0.4 is 0 Å². The van der Waals surface area contributed by atoms with Crippen LogP contribution in [0.4, 0.5) is 0 Å². The molecule has 0 amide bonds. The fourth-order valence-electron chi connectivity index (χ4n) is 2.67. The van der Waals surface area contributed by atoms with Crippen LogP contribution in [0.3, 0.4) is 0 Å². The SMILES string of the molecule is CCC(CC(CC(C)C(=O)O)C(=O)OCC[N+](C)(C)C)C(=O)OCC[N+](C)(C)C. The van der Waals surface area contributed by atoms with E-state index in [9.17, 15) is 19.5 Å². The molecule has 0 fully saturated rings. The Balaban J connectivity index is 5.01. The van der Waals surface area contributed by atoms with Gasteiger partial charge < -0.3 is 23.5 Å². The molecule has 0 bridgehead atoms. The summed E-state index contributed by atoms with van der Waals surface area (Å²) in [7, 11) is 12.0. The maximum atomic E-state index is 12.6. The van der Waals surface area contributed by atoms with E-state index >= 15 is 0 Å². The van der Waals surface area contributed by atoms with Gasteiger partial charge in [0.1, 0.15) is 26.3 Å². The molecule has 0 radical (unpaired) electrons. The second kappa shape index (κ2) is 12.1. The van der Waals surface area contributed by atoms with Crippen molar-refractivity contribution in [2.45, 2.75) is 33.1 Å². The number of carbonyl (C=O) groups is 3. The zero-order valence-electron chi connectivity index (χ0n) is 19.6. The van der Waals surface area contributed by atoms with Gasteiger partial charge in [0.15, 0.2) is 0 Å². The summed E-state index contributed by atoms with van der Waals surface area (Å²) in [6.45, 7) is 5.33. The van der Waals surface area contributed by atoms with Gasteiger partial charge in [-0.15, -0.1) is 0 Å². The summed E-state index contributed by atoms with van der Waals surface area (Å²) in [5.74, 6) is -3.55. The Morgan fingerprint density at radius 3 is 1.55 bits per heavy atom. The van der Waals surface area contributed by atoms with Crippen LogP contribution in [-0.4, -0.2) is 101 Å². The van der Waals surface area contributed by atoms with Gasteiger partial charge in [-0.05, 0) is 19.3 Å². The van der Waals surface area contributed by atoms with Crippen LogP contribution in [0.5, 0.6) is 0 Å². The van der Waals surface area contributed by atoms with E-state index in [0.717, 1.165) is 0 Å². The molecule has 0 rings (SSSR count). The van der Waals surface area contributed by atoms with Crippen molar-refractivity contribution in [1.29, 1.82) is 0 Å². The second-order valence-corrected chi connectivity index (χ2v) is 9.88. The summed E-state index contributed by atoms with van der Waals surface area (Å²) in [6, 6.07) is 0. The van der Waals surface area contributed by atoms with E-state index in [0.29, 0.717) is 35.1 Å². The quantitative estimate of drug-likeness (QED) is 0.341. The normalized spacial score (nSPS) is 15.3. The summed E-state index contributed by atoms with van der Waals surface area (Å²) in [5.41, 5.74) is 0. The van der Waals surface area contributed by atoms with Crippen molar-refractivity contribution < 1.29 is 37.9 Å². The number of carbonyl (C=O) groups excluding carboxylic acids is 2. The van der Waals surface area contributed by atoms with Crippen LogP contribution in [0.1, 0.15) is 33.1 Å². The first kappa shape index (κ1) is 27.3. The minimum atomic E-state index is -0.965. The van der Waals surface area contributed by atoms with Crippen LogP contribution in [-0.2, 0) is 23.9 Å². The molecule has 0 aliphatic rings. The van der Waals surface area contributed by atoms with Crippen molar-refractivity contribution in [2.75, 3.05) is 68.6 Å². The Labute approximate surface area is 175 Å². The Bertz CT molecular complexity index is 536. The van der Waals surface area contributed by atoms with Gasteiger partial charge in [-0.25, -0.2) is 0 Å². The average Bonchev–Trinajstić information content (AvgIpc) is 2.55. The Morgan fingerprint density at radius 2 is 1.21 bits per heavy atom. The summed E-state index contributed by atoms with van der Waals surface area (Å²) in [5, 5.41) is 9.24. The highest BCUT2D eigenvalue weighted by atomic mass is 16.5. The molecule has 8 heteroatoms. The molecule has 29 heavy (non-hydrogen) atoms. The summed E-state index contributed by atoms with van der Waals surface area (Å²) in [6.07, 6.45) is 0.898. The van der Waals surface area contributed by atoms with Crippen LogP contribution in [0.25, 0.3) is 0 Å². The highest BCUT2D eigenvalue weighted by Gasteiger charge is 2.31. The van der Waals surface area contributed by atoms with Crippen molar-refractivity contribution in [3.05, 3.63) is 0 Å². The largest absolute Gasteiger partial charge is 0.481 e. The number of carboxylic acid groups (broad SMARTS) is 1. The number of esters is 2. The molecular weight excluding hydrogens is 376 g/mol. The molecule has 0 heterocycles. The standard InChI is InChI=1S/C21H41N2O6/c1-9-17(20(26)28-12-10-22(3,4)5)15-18(14-16(2)19(24)25)21(27)29-13-11-23(6,7)8/h16-18H,9-15H2,1-8H3/q+1/p+1.